The molecule has 1 fully saturated rings. The van der Waals surface area contributed by atoms with Crippen LogP contribution in [0.2, 0.25) is 0 Å². The number of hydrogen-bond acceptors (Lipinski definition) is 3. The van der Waals surface area contributed by atoms with Crippen LogP contribution in [-0.2, 0) is 4.79 Å². The molecular weight excluding hydrogens is 208 g/mol. The minimum Gasteiger partial charge on any atom is -0.354 e. The van der Waals surface area contributed by atoms with Gasteiger partial charge >= 0.3 is 0 Å². The fourth-order valence-electron chi connectivity index (χ4n) is 1.61. The third-order valence-corrected chi connectivity index (χ3v) is 3.83. The molecule has 0 bridgehead atoms. The van der Waals surface area contributed by atoms with Crippen LogP contribution in [0.4, 0.5) is 0 Å². The Bertz CT molecular complexity index is 191. The minimum atomic E-state index is 0.206. The van der Waals surface area contributed by atoms with Crippen LogP contribution >= 0.6 is 11.8 Å². The topological polar surface area (TPSA) is 41.1 Å². The number of carbonyl (C=O) groups excluding carboxylic acids is 1. The number of thioether (sulfide) groups is 1. The van der Waals surface area contributed by atoms with E-state index in [1.165, 1.54) is 12.8 Å². The SMILES string of the molecule is CC(C)NCCNC(=O)C1CCCCS1. The van der Waals surface area contributed by atoms with Crippen molar-refractivity contribution < 1.29 is 4.79 Å². The Morgan fingerprint density at radius 3 is 2.80 bits per heavy atom. The Hall–Kier alpha value is -0.220. The molecular formula is C11H22N2OS. The van der Waals surface area contributed by atoms with Gasteiger partial charge in [-0.2, -0.15) is 0 Å². The standard InChI is InChI=1S/C11H22N2OS/c1-9(2)12-6-7-13-11(14)10-5-3-4-8-15-10/h9-10,12H,3-8H2,1-2H3,(H,13,14). The summed E-state index contributed by atoms with van der Waals surface area (Å²) in [6, 6.07) is 0.492. The van der Waals surface area contributed by atoms with Crippen molar-refractivity contribution in [2.24, 2.45) is 0 Å². The number of hydrogen-bond donors (Lipinski definition) is 2. The molecule has 0 aliphatic carbocycles. The van der Waals surface area contributed by atoms with Crippen molar-refractivity contribution in [3.63, 3.8) is 0 Å². The quantitative estimate of drug-likeness (QED) is 0.701. The van der Waals surface area contributed by atoms with Crippen molar-refractivity contribution in [3.8, 4) is 0 Å². The lowest BCUT2D eigenvalue weighted by atomic mass is 10.2. The third kappa shape index (κ3) is 5.42. The largest absolute Gasteiger partial charge is 0.354 e. The molecule has 0 saturated carbocycles. The van der Waals surface area contributed by atoms with E-state index in [2.05, 4.69) is 24.5 Å². The highest BCUT2D eigenvalue weighted by molar-refractivity contribution is 8.00. The van der Waals surface area contributed by atoms with E-state index in [4.69, 9.17) is 0 Å². The van der Waals surface area contributed by atoms with Crippen LogP contribution in [0.3, 0.4) is 0 Å². The molecule has 15 heavy (non-hydrogen) atoms. The number of carbonyl (C=O) groups is 1. The first-order valence-electron chi connectivity index (χ1n) is 5.83. The average Bonchev–Trinajstić information content (AvgIpc) is 2.25. The summed E-state index contributed by atoms with van der Waals surface area (Å²) >= 11 is 1.80. The van der Waals surface area contributed by atoms with Crippen molar-refractivity contribution >= 4 is 17.7 Å². The summed E-state index contributed by atoms with van der Waals surface area (Å²) in [5, 5.41) is 6.47. The number of amides is 1. The highest BCUT2D eigenvalue weighted by atomic mass is 32.2. The van der Waals surface area contributed by atoms with Crippen LogP contribution < -0.4 is 10.6 Å². The Balaban J connectivity index is 2.07. The van der Waals surface area contributed by atoms with Gasteiger partial charge in [0.15, 0.2) is 0 Å². The van der Waals surface area contributed by atoms with Crippen LogP contribution in [0.25, 0.3) is 0 Å². The van der Waals surface area contributed by atoms with E-state index in [1.54, 1.807) is 11.8 Å². The molecule has 88 valence electrons. The first kappa shape index (κ1) is 12.8. The Morgan fingerprint density at radius 2 is 2.20 bits per heavy atom. The van der Waals surface area contributed by atoms with Crippen molar-refractivity contribution in [3.05, 3.63) is 0 Å². The molecule has 2 N–H and O–H groups in total. The molecule has 0 radical (unpaired) electrons. The summed E-state index contributed by atoms with van der Waals surface area (Å²) in [6.07, 6.45) is 3.52. The van der Waals surface area contributed by atoms with Crippen LogP contribution in [0.5, 0.6) is 0 Å². The fourth-order valence-corrected chi connectivity index (χ4v) is 2.83. The van der Waals surface area contributed by atoms with Gasteiger partial charge in [0.25, 0.3) is 0 Å². The van der Waals surface area contributed by atoms with Gasteiger partial charge in [0.2, 0.25) is 5.91 Å². The summed E-state index contributed by atoms with van der Waals surface area (Å²) in [4.78, 5) is 11.7. The van der Waals surface area contributed by atoms with E-state index < -0.39 is 0 Å². The first-order chi connectivity index (χ1) is 7.20. The van der Waals surface area contributed by atoms with Crippen molar-refractivity contribution in [2.75, 3.05) is 18.8 Å². The number of rotatable bonds is 5. The Kier molecular flexibility index (Phi) is 6.10. The van der Waals surface area contributed by atoms with Crippen molar-refractivity contribution in [1.29, 1.82) is 0 Å². The number of nitrogens with one attached hydrogen (secondary N) is 2. The van der Waals surface area contributed by atoms with Gasteiger partial charge in [-0.05, 0) is 18.6 Å². The van der Waals surface area contributed by atoms with E-state index in [0.29, 0.717) is 6.04 Å². The molecule has 1 rings (SSSR count). The summed E-state index contributed by atoms with van der Waals surface area (Å²) in [5.74, 6) is 1.37. The van der Waals surface area contributed by atoms with E-state index in [1.807, 2.05) is 0 Å². The molecule has 1 atom stereocenters. The predicted molar refractivity (Wildman–Crippen MR) is 66.2 cm³/mol. The van der Waals surface area contributed by atoms with Gasteiger partial charge in [-0.15, -0.1) is 11.8 Å². The maximum atomic E-state index is 11.7. The smallest absolute Gasteiger partial charge is 0.233 e. The zero-order valence-corrected chi connectivity index (χ0v) is 10.5. The van der Waals surface area contributed by atoms with Gasteiger partial charge in [0, 0.05) is 19.1 Å². The predicted octanol–water partition coefficient (Wildman–Crippen LogP) is 1.39. The van der Waals surface area contributed by atoms with Crippen molar-refractivity contribution in [2.45, 2.75) is 44.4 Å². The monoisotopic (exact) mass is 230 g/mol. The molecule has 1 saturated heterocycles. The van der Waals surface area contributed by atoms with Gasteiger partial charge in [0.1, 0.15) is 0 Å². The zero-order chi connectivity index (χ0) is 11.1. The van der Waals surface area contributed by atoms with E-state index in [9.17, 15) is 4.79 Å². The molecule has 0 aromatic rings. The lowest BCUT2D eigenvalue weighted by Gasteiger charge is -2.20. The van der Waals surface area contributed by atoms with Crippen molar-refractivity contribution in [1.82, 2.24) is 10.6 Å². The molecule has 1 unspecified atom stereocenters. The van der Waals surface area contributed by atoms with Gasteiger partial charge < -0.3 is 10.6 Å². The van der Waals surface area contributed by atoms with E-state index >= 15 is 0 Å². The van der Waals surface area contributed by atoms with Gasteiger partial charge in [-0.3, -0.25) is 4.79 Å². The lowest BCUT2D eigenvalue weighted by Crippen LogP contribution is -2.39. The van der Waals surface area contributed by atoms with E-state index in [-0.39, 0.29) is 11.2 Å². The van der Waals surface area contributed by atoms with Crippen LogP contribution in [0.1, 0.15) is 33.1 Å². The second-order valence-corrected chi connectivity index (χ2v) is 5.57. The van der Waals surface area contributed by atoms with Crippen LogP contribution in [0.15, 0.2) is 0 Å². The highest BCUT2D eigenvalue weighted by Crippen LogP contribution is 2.24. The molecule has 1 aliphatic heterocycles. The molecule has 0 aromatic carbocycles. The third-order valence-electron chi connectivity index (χ3n) is 2.45. The maximum Gasteiger partial charge on any atom is 0.233 e. The lowest BCUT2D eigenvalue weighted by molar-refractivity contribution is -0.120. The molecule has 4 heteroatoms. The first-order valence-corrected chi connectivity index (χ1v) is 6.87. The summed E-state index contributed by atoms with van der Waals surface area (Å²) < 4.78 is 0. The Labute approximate surface area is 96.8 Å². The van der Waals surface area contributed by atoms with Crippen LogP contribution in [0, 0.1) is 0 Å². The minimum absolute atomic E-state index is 0.206. The second-order valence-electron chi connectivity index (χ2n) is 4.26. The highest BCUT2D eigenvalue weighted by Gasteiger charge is 2.20. The summed E-state index contributed by atoms with van der Waals surface area (Å²) in [7, 11) is 0. The molecule has 1 amide bonds. The fraction of sp³-hybridized carbons (Fsp3) is 0.909. The average molecular weight is 230 g/mol. The van der Waals surface area contributed by atoms with E-state index in [0.717, 1.165) is 25.3 Å². The van der Waals surface area contributed by atoms with Gasteiger partial charge in [-0.25, -0.2) is 0 Å². The summed E-state index contributed by atoms with van der Waals surface area (Å²) in [6.45, 7) is 5.83. The zero-order valence-electron chi connectivity index (χ0n) is 9.71. The molecule has 0 spiro atoms. The molecule has 0 aromatic heterocycles. The van der Waals surface area contributed by atoms with Gasteiger partial charge in [-0.1, -0.05) is 20.3 Å². The maximum absolute atomic E-state index is 11.7. The molecule has 3 nitrogen and oxygen atoms in total. The second kappa shape index (κ2) is 7.12. The van der Waals surface area contributed by atoms with Crippen LogP contribution in [-0.4, -0.2) is 36.0 Å². The molecule has 1 aliphatic rings. The Morgan fingerprint density at radius 1 is 1.40 bits per heavy atom. The summed E-state index contributed by atoms with van der Waals surface area (Å²) in [5.41, 5.74) is 0. The normalized spacial score (nSPS) is 21.7. The van der Waals surface area contributed by atoms with Gasteiger partial charge in [0.05, 0.1) is 5.25 Å². The molecule has 1 heterocycles.